The number of likely N-dealkylation sites (N-methyl/N-ethyl adjacent to an activating group) is 1. The molecule has 9 nitrogen and oxygen atoms in total. The molecule has 6 rings (SSSR count). The zero-order valence-corrected chi connectivity index (χ0v) is 27.9. The maximum Gasteiger partial charge on any atom is 0.258 e. The number of ether oxygens (including phenoxy) is 1. The van der Waals surface area contributed by atoms with E-state index in [1.54, 1.807) is 61.8 Å². The van der Waals surface area contributed by atoms with Crippen LogP contribution in [0, 0.1) is 6.92 Å². The van der Waals surface area contributed by atoms with Gasteiger partial charge in [0.25, 0.3) is 17.7 Å². The van der Waals surface area contributed by atoms with Gasteiger partial charge in [0, 0.05) is 56.2 Å². The molecule has 248 valence electrons. The fraction of sp³-hybridized carbons (Fsp3) is 0.200. The Labute approximate surface area is 286 Å². The number of carbonyl (C=O) groups is 3. The monoisotopic (exact) mass is 653 g/mol. The van der Waals surface area contributed by atoms with Gasteiger partial charge >= 0.3 is 0 Å². The number of piperazine rings is 1. The van der Waals surface area contributed by atoms with Gasteiger partial charge in [-0.2, -0.15) is 0 Å². The first-order valence-corrected chi connectivity index (χ1v) is 16.3. The minimum absolute atomic E-state index is 0.0163. The number of amides is 3. The van der Waals surface area contributed by atoms with Crippen molar-refractivity contribution in [1.82, 2.24) is 14.8 Å². The van der Waals surface area contributed by atoms with E-state index in [1.807, 2.05) is 72.5 Å². The summed E-state index contributed by atoms with van der Waals surface area (Å²) in [5.41, 5.74) is 6.37. The molecule has 0 unspecified atom stereocenters. The van der Waals surface area contributed by atoms with Gasteiger partial charge in [0.05, 0.1) is 16.9 Å². The zero-order chi connectivity index (χ0) is 34.3. The molecule has 4 aromatic carbocycles. The highest BCUT2D eigenvalue weighted by molar-refractivity contribution is 6.09. The van der Waals surface area contributed by atoms with E-state index in [2.05, 4.69) is 22.2 Å². The normalized spacial score (nSPS) is 13.1. The third-order valence-electron chi connectivity index (χ3n) is 8.69. The second-order valence-corrected chi connectivity index (χ2v) is 12.2. The van der Waals surface area contributed by atoms with Crippen LogP contribution in [0.4, 0.5) is 11.4 Å². The van der Waals surface area contributed by atoms with Crippen LogP contribution < -0.4 is 15.0 Å². The van der Waals surface area contributed by atoms with E-state index < -0.39 is 0 Å². The molecule has 1 fully saturated rings. The van der Waals surface area contributed by atoms with Crippen molar-refractivity contribution in [1.29, 1.82) is 0 Å². The summed E-state index contributed by atoms with van der Waals surface area (Å²) in [7, 11) is 3.75. The van der Waals surface area contributed by atoms with Gasteiger partial charge < -0.3 is 24.8 Å². The minimum atomic E-state index is -0.233. The summed E-state index contributed by atoms with van der Waals surface area (Å²) >= 11 is 0. The van der Waals surface area contributed by atoms with Crippen molar-refractivity contribution in [2.45, 2.75) is 13.5 Å². The van der Waals surface area contributed by atoms with E-state index >= 15 is 0 Å². The number of pyridine rings is 1. The summed E-state index contributed by atoms with van der Waals surface area (Å²) in [6.07, 6.45) is 1.59. The standard InChI is InChI=1S/C40H39N5O4/c1-28-12-14-29(15-13-28)34-8-4-5-9-35(34)38(46)42-32-19-16-30(17-20-32)39(47)44(3)36-10-6-7-11-37(36)49-27-33-21-18-31(26-41-33)40(48)45-24-22-43(2)23-25-45/h4-21,26H,22-25,27H2,1-3H3,(H,42,46). The molecule has 0 spiro atoms. The highest BCUT2D eigenvalue weighted by atomic mass is 16.5. The number of hydrogen-bond donors (Lipinski definition) is 1. The first-order valence-electron chi connectivity index (χ1n) is 16.3. The maximum atomic E-state index is 13.5. The molecule has 1 aromatic heterocycles. The van der Waals surface area contributed by atoms with Crippen LogP contribution in [-0.2, 0) is 6.61 Å². The highest BCUT2D eigenvalue weighted by Crippen LogP contribution is 2.30. The summed E-state index contributed by atoms with van der Waals surface area (Å²) in [6, 6.07) is 33.3. The number of hydrogen-bond acceptors (Lipinski definition) is 6. The number of benzene rings is 4. The van der Waals surface area contributed by atoms with Gasteiger partial charge in [-0.25, -0.2) is 0 Å². The van der Waals surface area contributed by atoms with Crippen molar-refractivity contribution in [3.8, 4) is 16.9 Å². The molecule has 0 bridgehead atoms. The third kappa shape index (κ3) is 7.85. The van der Waals surface area contributed by atoms with Gasteiger partial charge in [-0.15, -0.1) is 0 Å². The quantitative estimate of drug-likeness (QED) is 0.194. The van der Waals surface area contributed by atoms with Gasteiger partial charge in [0.15, 0.2) is 0 Å². The molecule has 5 aromatic rings. The fourth-order valence-electron chi connectivity index (χ4n) is 5.70. The number of nitrogens with one attached hydrogen (secondary N) is 1. The number of rotatable bonds is 9. The number of aryl methyl sites for hydroxylation is 1. The Balaban J connectivity index is 1.08. The van der Waals surface area contributed by atoms with Crippen LogP contribution >= 0.6 is 0 Å². The number of carbonyl (C=O) groups excluding carboxylic acids is 3. The van der Waals surface area contributed by atoms with Crippen LogP contribution in [0.5, 0.6) is 5.75 Å². The Morgan fingerprint density at radius 1 is 0.796 bits per heavy atom. The molecule has 0 radical (unpaired) electrons. The van der Waals surface area contributed by atoms with Crippen molar-refractivity contribution >= 4 is 29.1 Å². The van der Waals surface area contributed by atoms with Gasteiger partial charge in [0.1, 0.15) is 12.4 Å². The average molecular weight is 654 g/mol. The summed E-state index contributed by atoms with van der Waals surface area (Å²) in [5, 5.41) is 2.96. The first-order chi connectivity index (χ1) is 23.8. The van der Waals surface area contributed by atoms with Crippen molar-refractivity contribution in [2.24, 2.45) is 0 Å². The van der Waals surface area contributed by atoms with E-state index in [4.69, 9.17) is 4.74 Å². The molecular weight excluding hydrogens is 614 g/mol. The number of nitrogens with zero attached hydrogens (tertiary/aromatic N) is 4. The topological polar surface area (TPSA) is 95.1 Å². The average Bonchev–Trinajstić information content (AvgIpc) is 3.14. The third-order valence-corrected chi connectivity index (χ3v) is 8.69. The van der Waals surface area contributed by atoms with Crippen LogP contribution in [0.25, 0.3) is 11.1 Å². The lowest BCUT2D eigenvalue weighted by Gasteiger charge is -2.32. The van der Waals surface area contributed by atoms with Crippen molar-refractivity contribution in [3.05, 3.63) is 143 Å². The van der Waals surface area contributed by atoms with Crippen LogP contribution in [0.15, 0.2) is 115 Å². The van der Waals surface area contributed by atoms with Crippen molar-refractivity contribution in [2.75, 3.05) is 50.5 Å². The Morgan fingerprint density at radius 3 is 2.18 bits per heavy atom. The second-order valence-electron chi connectivity index (χ2n) is 12.2. The Kier molecular flexibility index (Phi) is 10.1. The van der Waals surface area contributed by atoms with Crippen LogP contribution in [0.3, 0.4) is 0 Å². The van der Waals surface area contributed by atoms with Gasteiger partial charge in [0.2, 0.25) is 0 Å². The Bertz CT molecular complexity index is 1930. The SMILES string of the molecule is Cc1ccc(-c2ccccc2C(=O)Nc2ccc(C(=O)N(C)c3ccccc3OCc3ccc(C(=O)N4CCN(C)CC4)cn3)cc2)cc1. The van der Waals surface area contributed by atoms with E-state index in [0.29, 0.717) is 52.6 Å². The Hall–Kier alpha value is -5.80. The van der Waals surface area contributed by atoms with E-state index in [0.717, 1.165) is 29.8 Å². The van der Waals surface area contributed by atoms with Crippen LogP contribution in [0.1, 0.15) is 42.3 Å². The van der Waals surface area contributed by atoms with Crippen molar-refractivity contribution in [3.63, 3.8) is 0 Å². The predicted molar refractivity (Wildman–Crippen MR) is 192 cm³/mol. The fourth-order valence-corrected chi connectivity index (χ4v) is 5.70. The van der Waals surface area contributed by atoms with Crippen LogP contribution in [-0.4, -0.2) is 72.8 Å². The van der Waals surface area contributed by atoms with E-state index in [9.17, 15) is 14.4 Å². The molecule has 1 N–H and O–H groups in total. The molecular formula is C40H39N5O4. The lowest BCUT2D eigenvalue weighted by molar-refractivity contribution is 0.0663. The van der Waals surface area contributed by atoms with E-state index in [1.165, 1.54) is 4.90 Å². The predicted octanol–water partition coefficient (Wildman–Crippen LogP) is 6.55. The smallest absolute Gasteiger partial charge is 0.258 e. The molecule has 2 heterocycles. The minimum Gasteiger partial charge on any atom is -0.485 e. The maximum absolute atomic E-state index is 13.5. The molecule has 1 aliphatic heterocycles. The summed E-state index contributed by atoms with van der Waals surface area (Å²) in [5.74, 6) is 0.0408. The molecule has 0 saturated carbocycles. The second kappa shape index (κ2) is 15.0. The number of aromatic nitrogens is 1. The highest BCUT2D eigenvalue weighted by Gasteiger charge is 2.21. The summed E-state index contributed by atoms with van der Waals surface area (Å²) in [4.78, 5) is 49.7. The largest absolute Gasteiger partial charge is 0.485 e. The zero-order valence-electron chi connectivity index (χ0n) is 27.9. The Morgan fingerprint density at radius 2 is 1.47 bits per heavy atom. The number of anilines is 2. The lowest BCUT2D eigenvalue weighted by atomic mass is 9.98. The van der Waals surface area contributed by atoms with Gasteiger partial charge in [-0.05, 0) is 79.7 Å². The van der Waals surface area contributed by atoms with Gasteiger partial charge in [-0.1, -0.05) is 60.2 Å². The van der Waals surface area contributed by atoms with E-state index in [-0.39, 0.29) is 24.3 Å². The lowest BCUT2D eigenvalue weighted by Crippen LogP contribution is -2.47. The molecule has 1 saturated heterocycles. The van der Waals surface area contributed by atoms with Gasteiger partial charge in [-0.3, -0.25) is 19.4 Å². The number of para-hydroxylation sites is 2. The molecule has 0 aliphatic carbocycles. The first kappa shape index (κ1) is 33.1. The summed E-state index contributed by atoms with van der Waals surface area (Å²) < 4.78 is 6.11. The van der Waals surface area contributed by atoms with Crippen LogP contribution in [0.2, 0.25) is 0 Å². The van der Waals surface area contributed by atoms with Crippen molar-refractivity contribution < 1.29 is 19.1 Å². The molecule has 3 amide bonds. The molecule has 1 aliphatic rings. The summed E-state index contributed by atoms with van der Waals surface area (Å²) in [6.45, 7) is 5.32. The molecule has 0 atom stereocenters. The molecule has 49 heavy (non-hydrogen) atoms. The molecule has 9 heteroatoms.